The van der Waals surface area contributed by atoms with E-state index in [4.69, 9.17) is 5.73 Å². The number of aryl methyl sites for hydroxylation is 2. The molecular formula is C12H18N2O. The normalized spacial score (nSPS) is 12.3. The summed E-state index contributed by atoms with van der Waals surface area (Å²) in [5, 5.41) is 2.79. The molecule has 1 aromatic rings. The average molecular weight is 206 g/mol. The van der Waals surface area contributed by atoms with Crippen LogP contribution in [0.4, 0.5) is 0 Å². The second-order valence-electron chi connectivity index (χ2n) is 4.06. The van der Waals surface area contributed by atoms with Crippen LogP contribution in [0.15, 0.2) is 18.2 Å². The van der Waals surface area contributed by atoms with Crippen LogP contribution in [0.5, 0.6) is 0 Å². The van der Waals surface area contributed by atoms with Crippen LogP contribution in [0.2, 0.25) is 0 Å². The standard InChI is InChI=1S/C12H18N2O/c1-8-4-9(2)6-11(5-8)12(15)14-7-10(3)13/h4-6,10H,7,13H2,1-3H3,(H,14,15). The van der Waals surface area contributed by atoms with Crippen molar-refractivity contribution in [2.24, 2.45) is 5.73 Å². The van der Waals surface area contributed by atoms with Gasteiger partial charge in [0.1, 0.15) is 0 Å². The van der Waals surface area contributed by atoms with E-state index in [2.05, 4.69) is 5.32 Å². The molecule has 0 aliphatic heterocycles. The summed E-state index contributed by atoms with van der Waals surface area (Å²) in [6.45, 7) is 6.33. The summed E-state index contributed by atoms with van der Waals surface area (Å²) in [6, 6.07) is 5.79. The first-order chi connectivity index (χ1) is 6.99. The van der Waals surface area contributed by atoms with Crippen molar-refractivity contribution in [1.82, 2.24) is 5.32 Å². The molecule has 0 spiro atoms. The highest BCUT2D eigenvalue weighted by molar-refractivity contribution is 5.94. The number of benzene rings is 1. The van der Waals surface area contributed by atoms with Gasteiger partial charge in [-0.2, -0.15) is 0 Å². The molecule has 82 valence electrons. The first-order valence-corrected chi connectivity index (χ1v) is 5.11. The zero-order valence-electron chi connectivity index (χ0n) is 9.50. The van der Waals surface area contributed by atoms with Gasteiger partial charge in [0, 0.05) is 18.2 Å². The summed E-state index contributed by atoms with van der Waals surface area (Å²) < 4.78 is 0. The molecule has 15 heavy (non-hydrogen) atoms. The van der Waals surface area contributed by atoms with Gasteiger partial charge in [-0.25, -0.2) is 0 Å². The number of hydrogen-bond donors (Lipinski definition) is 2. The van der Waals surface area contributed by atoms with Crippen LogP contribution >= 0.6 is 0 Å². The maximum Gasteiger partial charge on any atom is 0.251 e. The second kappa shape index (κ2) is 4.94. The molecule has 0 saturated carbocycles. The summed E-state index contributed by atoms with van der Waals surface area (Å²) in [6.07, 6.45) is 0. The fourth-order valence-electron chi connectivity index (χ4n) is 1.46. The van der Waals surface area contributed by atoms with Crippen LogP contribution in [0.1, 0.15) is 28.4 Å². The van der Waals surface area contributed by atoms with E-state index in [1.807, 2.05) is 39.0 Å². The highest BCUT2D eigenvalue weighted by atomic mass is 16.1. The molecule has 3 heteroatoms. The van der Waals surface area contributed by atoms with Crippen molar-refractivity contribution < 1.29 is 4.79 Å². The fraction of sp³-hybridized carbons (Fsp3) is 0.417. The third kappa shape index (κ3) is 3.72. The van der Waals surface area contributed by atoms with Crippen molar-refractivity contribution in [2.75, 3.05) is 6.54 Å². The van der Waals surface area contributed by atoms with Crippen molar-refractivity contribution >= 4 is 5.91 Å². The second-order valence-corrected chi connectivity index (χ2v) is 4.06. The monoisotopic (exact) mass is 206 g/mol. The maximum atomic E-state index is 11.7. The van der Waals surface area contributed by atoms with Crippen LogP contribution in [0.3, 0.4) is 0 Å². The Morgan fingerprint density at radius 2 is 1.87 bits per heavy atom. The summed E-state index contributed by atoms with van der Waals surface area (Å²) in [5.74, 6) is -0.0564. The van der Waals surface area contributed by atoms with E-state index >= 15 is 0 Å². The van der Waals surface area contributed by atoms with Gasteiger partial charge in [-0.1, -0.05) is 17.2 Å². The lowest BCUT2D eigenvalue weighted by Crippen LogP contribution is -2.35. The topological polar surface area (TPSA) is 55.1 Å². The number of carbonyl (C=O) groups excluding carboxylic acids is 1. The Bertz CT molecular complexity index is 338. The lowest BCUT2D eigenvalue weighted by atomic mass is 10.1. The molecule has 1 aromatic carbocycles. The summed E-state index contributed by atoms with van der Waals surface area (Å²) in [7, 11) is 0. The quantitative estimate of drug-likeness (QED) is 0.785. The lowest BCUT2D eigenvalue weighted by molar-refractivity contribution is 0.0951. The molecule has 0 aliphatic rings. The molecule has 1 amide bonds. The van der Waals surface area contributed by atoms with E-state index in [-0.39, 0.29) is 11.9 Å². The minimum atomic E-state index is -0.0564. The van der Waals surface area contributed by atoms with Gasteiger partial charge < -0.3 is 11.1 Å². The Balaban J connectivity index is 2.73. The molecule has 0 radical (unpaired) electrons. The van der Waals surface area contributed by atoms with Gasteiger partial charge in [0.25, 0.3) is 5.91 Å². The summed E-state index contributed by atoms with van der Waals surface area (Å²) in [4.78, 5) is 11.7. The zero-order valence-corrected chi connectivity index (χ0v) is 9.50. The van der Waals surface area contributed by atoms with Gasteiger partial charge in [-0.05, 0) is 32.9 Å². The number of nitrogens with two attached hydrogens (primary N) is 1. The molecule has 1 unspecified atom stereocenters. The minimum absolute atomic E-state index is 0.0140. The van der Waals surface area contributed by atoms with E-state index in [0.29, 0.717) is 12.1 Å². The number of rotatable bonds is 3. The van der Waals surface area contributed by atoms with Crippen molar-refractivity contribution in [3.63, 3.8) is 0 Å². The van der Waals surface area contributed by atoms with E-state index in [9.17, 15) is 4.79 Å². The fourth-order valence-corrected chi connectivity index (χ4v) is 1.46. The van der Waals surface area contributed by atoms with E-state index in [1.54, 1.807) is 0 Å². The Kier molecular flexibility index (Phi) is 3.86. The summed E-state index contributed by atoms with van der Waals surface area (Å²) in [5.41, 5.74) is 8.46. The largest absolute Gasteiger partial charge is 0.350 e. The van der Waals surface area contributed by atoms with Gasteiger partial charge in [-0.15, -0.1) is 0 Å². The molecule has 0 fully saturated rings. The smallest absolute Gasteiger partial charge is 0.251 e. The van der Waals surface area contributed by atoms with E-state index in [1.165, 1.54) is 0 Å². The first kappa shape index (κ1) is 11.7. The molecular weight excluding hydrogens is 188 g/mol. The van der Waals surface area contributed by atoms with Crippen LogP contribution in [0, 0.1) is 13.8 Å². The van der Waals surface area contributed by atoms with Crippen LogP contribution in [0.25, 0.3) is 0 Å². The summed E-state index contributed by atoms with van der Waals surface area (Å²) >= 11 is 0. The third-order valence-electron chi connectivity index (χ3n) is 2.07. The number of amides is 1. The zero-order chi connectivity index (χ0) is 11.4. The lowest BCUT2D eigenvalue weighted by Gasteiger charge is -2.08. The number of carbonyl (C=O) groups is 1. The maximum absolute atomic E-state index is 11.7. The van der Waals surface area contributed by atoms with Crippen molar-refractivity contribution in [2.45, 2.75) is 26.8 Å². The predicted molar refractivity (Wildman–Crippen MR) is 61.9 cm³/mol. The van der Waals surface area contributed by atoms with E-state index < -0.39 is 0 Å². The molecule has 1 rings (SSSR count). The molecule has 0 heterocycles. The SMILES string of the molecule is Cc1cc(C)cc(C(=O)NCC(C)N)c1. The number of nitrogens with one attached hydrogen (secondary N) is 1. The molecule has 0 aromatic heterocycles. The van der Waals surface area contributed by atoms with E-state index in [0.717, 1.165) is 11.1 Å². The van der Waals surface area contributed by atoms with Gasteiger partial charge in [-0.3, -0.25) is 4.79 Å². The molecule has 0 bridgehead atoms. The van der Waals surface area contributed by atoms with Gasteiger partial charge >= 0.3 is 0 Å². The van der Waals surface area contributed by atoms with Crippen LogP contribution < -0.4 is 11.1 Å². The Morgan fingerprint density at radius 1 is 1.33 bits per heavy atom. The highest BCUT2D eigenvalue weighted by Gasteiger charge is 2.06. The average Bonchev–Trinajstić information content (AvgIpc) is 2.12. The Morgan fingerprint density at radius 3 is 2.33 bits per heavy atom. The number of hydrogen-bond acceptors (Lipinski definition) is 2. The Hall–Kier alpha value is -1.35. The predicted octanol–water partition coefficient (Wildman–Crippen LogP) is 1.38. The van der Waals surface area contributed by atoms with Gasteiger partial charge in [0.15, 0.2) is 0 Å². The van der Waals surface area contributed by atoms with Gasteiger partial charge in [0.2, 0.25) is 0 Å². The van der Waals surface area contributed by atoms with Gasteiger partial charge in [0.05, 0.1) is 0 Å². The van der Waals surface area contributed by atoms with Crippen molar-refractivity contribution in [3.8, 4) is 0 Å². The third-order valence-corrected chi connectivity index (χ3v) is 2.07. The van der Waals surface area contributed by atoms with Crippen LogP contribution in [-0.2, 0) is 0 Å². The van der Waals surface area contributed by atoms with Crippen molar-refractivity contribution in [3.05, 3.63) is 34.9 Å². The van der Waals surface area contributed by atoms with Crippen LogP contribution in [-0.4, -0.2) is 18.5 Å². The minimum Gasteiger partial charge on any atom is -0.350 e. The van der Waals surface area contributed by atoms with Crippen molar-refractivity contribution in [1.29, 1.82) is 0 Å². The molecule has 0 saturated heterocycles. The highest BCUT2D eigenvalue weighted by Crippen LogP contribution is 2.08. The first-order valence-electron chi connectivity index (χ1n) is 5.11. The molecule has 0 aliphatic carbocycles. The molecule has 1 atom stereocenters. The molecule has 3 N–H and O–H groups in total. The molecule has 3 nitrogen and oxygen atoms in total. The Labute approximate surface area is 90.7 Å².